The van der Waals surface area contributed by atoms with Gasteiger partial charge in [0.2, 0.25) is 5.91 Å². The molecule has 0 bridgehead atoms. The number of halogens is 1. The molecule has 1 aliphatic rings. The number of nitrogens with zero attached hydrogens (tertiary/aromatic N) is 1. The lowest BCUT2D eigenvalue weighted by atomic mass is 10.1. The highest BCUT2D eigenvalue weighted by Gasteiger charge is 2.34. The monoisotopic (exact) mass is 419 g/mol. The first-order valence-corrected chi connectivity index (χ1v) is 10.3. The van der Waals surface area contributed by atoms with Crippen molar-refractivity contribution in [1.82, 2.24) is 4.90 Å². The van der Waals surface area contributed by atoms with Crippen LogP contribution in [0.3, 0.4) is 0 Å². The predicted octanol–water partition coefficient (Wildman–Crippen LogP) is 2.04. The Balaban J connectivity index is 2.19. The lowest BCUT2D eigenvalue weighted by Gasteiger charge is -2.27. The topological polar surface area (TPSA) is 72.9 Å². The largest absolute Gasteiger partial charge is 0.493 e. The molecule has 1 aromatic carbocycles. The van der Waals surface area contributed by atoms with Gasteiger partial charge in [-0.2, -0.15) is 0 Å². The smallest absolute Gasteiger partial charge is 0.227 e. The molecule has 1 aliphatic heterocycles. The SMILES string of the molecule is CCN(C(=O)Cc1cc(OC)c(OC)cc1Br)C1CCS(=O)(=O)C1. The second kappa shape index (κ2) is 7.74. The van der Waals surface area contributed by atoms with Crippen LogP contribution in [-0.4, -0.2) is 57.5 Å². The quantitative estimate of drug-likeness (QED) is 0.705. The van der Waals surface area contributed by atoms with E-state index in [0.29, 0.717) is 24.5 Å². The summed E-state index contributed by atoms with van der Waals surface area (Å²) >= 11 is 3.45. The molecule has 0 aromatic heterocycles. The summed E-state index contributed by atoms with van der Waals surface area (Å²) in [6.07, 6.45) is 0.681. The average Bonchev–Trinajstić information content (AvgIpc) is 2.89. The zero-order chi connectivity index (χ0) is 17.9. The van der Waals surface area contributed by atoms with Crippen LogP contribution in [0, 0.1) is 0 Å². The number of rotatable bonds is 6. The Hall–Kier alpha value is -1.28. The van der Waals surface area contributed by atoms with E-state index in [-0.39, 0.29) is 29.9 Å². The molecule has 1 unspecified atom stereocenters. The zero-order valence-corrected chi connectivity index (χ0v) is 16.4. The number of carbonyl (C=O) groups is 1. The van der Waals surface area contributed by atoms with Crippen molar-refractivity contribution in [3.05, 3.63) is 22.2 Å². The van der Waals surface area contributed by atoms with E-state index < -0.39 is 9.84 Å². The fourth-order valence-corrected chi connectivity index (χ4v) is 5.15. The van der Waals surface area contributed by atoms with Crippen molar-refractivity contribution in [2.45, 2.75) is 25.8 Å². The van der Waals surface area contributed by atoms with E-state index >= 15 is 0 Å². The molecule has 1 saturated heterocycles. The van der Waals surface area contributed by atoms with Crippen molar-refractivity contribution >= 4 is 31.7 Å². The fraction of sp³-hybridized carbons (Fsp3) is 0.562. The van der Waals surface area contributed by atoms with Crippen LogP contribution in [0.5, 0.6) is 11.5 Å². The Bertz CT molecular complexity index is 719. The van der Waals surface area contributed by atoms with Crippen molar-refractivity contribution < 1.29 is 22.7 Å². The number of hydrogen-bond donors (Lipinski definition) is 0. The Morgan fingerprint density at radius 3 is 2.42 bits per heavy atom. The maximum atomic E-state index is 12.7. The van der Waals surface area contributed by atoms with Gasteiger partial charge >= 0.3 is 0 Å². The van der Waals surface area contributed by atoms with Crippen molar-refractivity contribution in [2.75, 3.05) is 32.3 Å². The molecule has 1 aromatic rings. The maximum absolute atomic E-state index is 12.7. The molecule has 6 nitrogen and oxygen atoms in total. The molecule has 1 amide bonds. The fourth-order valence-electron chi connectivity index (χ4n) is 2.96. The lowest BCUT2D eigenvalue weighted by Crippen LogP contribution is -2.41. The minimum Gasteiger partial charge on any atom is -0.493 e. The number of ether oxygens (including phenoxy) is 2. The molecule has 0 spiro atoms. The van der Waals surface area contributed by atoms with Gasteiger partial charge in [0.1, 0.15) is 0 Å². The third kappa shape index (κ3) is 4.22. The molecule has 134 valence electrons. The van der Waals surface area contributed by atoms with Gasteiger partial charge in [-0.05, 0) is 31.0 Å². The van der Waals surface area contributed by atoms with E-state index in [1.165, 1.54) is 0 Å². The van der Waals surface area contributed by atoms with Crippen LogP contribution in [0.25, 0.3) is 0 Å². The number of sulfone groups is 1. The summed E-state index contributed by atoms with van der Waals surface area (Å²) in [6, 6.07) is 3.30. The number of benzene rings is 1. The summed E-state index contributed by atoms with van der Waals surface area (Å²) in [6.45, 7) is 2.36. The summed E-state index contributed by atoms with van der Waals surface area (Å²) in [5, 5.41) is 0. The molecule has 0 aliphatic carbocycles. The first-order valence-electron chi connectivity index (χ1n) is 7.71. The van der Waals surface area contributed by atoms with Crippen LogP contribution >= 0.6 is 15.9 Å². The van der Waals surface area contributed by atoms with E-state index in [0.717, 1.165) is 10.0 Å². The van der Waals surface area contributed by atoms with Crippen LogP contribution in [0.4, 0.5) is 0 Å². The molecule has 1 heterocycles. The van der Waals surface area contributed by atoms with Gasteiger partial charge in [-0.3, -0.25) is 4.79 Å². The molecule has 0 saturated carbocycles. The number of amides is 1. The van der Waals surface area contributed by atoms with E-state index in [2.05, 4.69) is 15.9 Å². The van der Waals surface area contributed by atoms with Gasteiger partial charge in [-0.15, -0.1) is 0 Å². The normalized spacial score (nSPS) is 19.1. The molecule has 2 rings (SSSR count). The van der Waals surface area contributed by atoms with Crippen LogP contribution in [-0.2, 0) is 21.1 Å². The zero-order valence-electron chi connectivity index (χ0n) is 14.0. The summed E-state index contributed by atoms with van der Waals surface area (Å²) in [4.78, 5) is 14.3. The van der Waals surface area contributed by atoms with E-state index in [1.807, 2.05) is 6.92 Å². The van der Waals surface area contributed by atoms with Crippen molar-refractivity contribution in [3.8, 4) is 11.5 Å². The average molecular weight is 420 g/mol. The number of carbonyl (C=O) groups excluding carboxylic acids is 1. The molecule has 0 N–H and O–H groups in total. The highest BCUT2D eigenvalue weighted by atomic mass is 79.9. The lowest BCUT2D eigenvalue weighted by molar-refractivity contribution is -0.132. The van der Waals surface area contributed by atoms with Crippen LogP contribution in [0.1, 0.15) is 18.9 Å². The van der Waals surface area contributed by atoms with E-state index in [4.69, 9.17) is 9.47 Å². The molecule has 0 radical (unpaired) electrons. The number of hydrogen-bond acceptors (Lipinski definition) is 5. The van der Waals surface area contributed by atoms with Gasteiger partial charge in [0.15, 0.2) is 21.3 Å². The van der Waals surface area contributed by atoms with Gasteiger partial charge < -0.3 is 14.4 Å². The van der Waals surface area contributed by atoms with Crippen molar-refractivity contribution in [3.63, 3.8) is 0 Å². The Morgan fingerprint density at radius 2 is 1.92 bits per heavy atom. The summed E-state index contributed by atoms with van der Waals surface area (Å²) in [7, 11) is 0.0664. The van der Waals surface area contributed by atoms with Crippen molar-refractivity contribution in [2.24, 2.45) is 0 Å². The molecule has 8 heteroatoms. The van der Waals surface area contributed by atoms with E-state index in [1.54, 1.807) is 31.3 Å². The third-order valence-electron chi connectivity index (χ3n) is 4.20. The summed E-state index contributed by atoms with van der Waals surface area (Å²) in [5.41, 5.74) is 0.775. The molecular weight excluding hydrogens is 398 g/mol. The van der Waals surface area contributed by atoms with Gasteiger partial charge in [-0.1, -0.05) is 15.9 Å². The van der Waals surface area contributed by atoms with Gasteiger partial charge in [-0.25, -0.2) is 8.42 Å². The first kappa shape index (κ1) is 19.1. The van der Waals surface area contributed by atoms with Crippen LogP contribution in [0.2, 0.25) is 0 Å². The molecule has 1 atom stereocenters. The van der Waals surface area contributed by atoms with Gasteiger partial charge in [0.05, 0.1) is 32.1 Å². The van der Waals surface area contributed by atoms with Crippen LogP contribution < -0.4 is 9.47 Å². The Kier molecular flexibility index (Phi) is 6.14. The van der Waals surface area contributed by atoms with Crippen molar-refractivity contribution in [1.29, 1.82) is 0 Å². The number of methoxy groups -OCH3 is 2. The second-order valence-electron chi connectivity index (χ2n) is 5.71. The molecule has 24 heavy (non-hydrogen) atoms. The van der Waals surface area contributed by atoms with E-state index in [9.17, 15) is 13.2 Å². The minimum absolute atomic E-state index is 0.0552. The standard InChI is InChI=1S/C16H22BrNO5S/c1-4-18(12-5-6-24(20,21)10-12)16(19)8-11-7-14(22-2)15(23-3)9-13(11)17/h7,9,12H,4-6,8,10H2,1-3H3. The minimum atomic E-state index is -3.02. The van der Waals surface area contributed by atoms with Gasteiger partial charge in [0.25, 0.3) is 0 Å². The molecular formula is C16H22BrNO5S. The maximum Gasteiger partial charge on any atom is 0.227 e. The summed E-state index contributed by atoms with van der Waals surface area (Å²) in [5.74, 6) is 1.25. The Morgan fingerprint density at radius 1 is 1.29 bits per heavy atom. The summed E-state index contributed by atoms with van der Waals surface area (Å²) < 4.78 is 34.6. The van der Waals surface area contributed by atoms with Crippen LogP contribution in [0.15, 0.2) is 16.6 Å². The second-order valence-corrected chi connectivity index (χ2v) is 8.80. The Labute approximate surface area is 151 Å². The highest BCUT2D eigenvalue weighted by molar-refractivity contribution is 9.10. The first-order chi connectivity index (χ1) is 11.3. The van der Waals surface area contributed by atoms with Gasteiger partial charge in [0, 0.05) is 17.1 Å². The third-order valence-corrected chi connectivity index (χ3v) is 6.69. The predicted molar refractivity (Wildman–Crippen MR) is 95.4 cm³/mol. The highest BCUT2D eigenvalue weighted by Crippen LogP contribution is 2.34. The number of likely N-dealkylation sites (N-methyl/N-ethyl adjacent to an activating group) is 1. The molecule has 1 fully saturated rings.